The summed E-state index contributed by atoms with van der Waals surface area (Å²) in [6, 6.07) is 14.5. The number of ether oxygens (including phenoxy) is 1. The van der Waals surface area contributed by atoms with Gasteiger partial charge in [0.2, 0.25) is 6.10 Å². The minimum Gasteiger partial charge on any atom is -0.444 e. The molecule has 0 aliphatic heterocycles. The van der Waals surface area contributed by atoms with E-state index < -0.39 is 12.1 Å². The Morgan fingerprint density at radius 2 is 1.67 bits per heavy atom. The number of amides is 1. The van der Waals surface area contributed by atoms with E-state index in [0.29, 0.717) is 11.1 Å². The summed E-state index contributed by atoms with van der Waals surface area (Å²) in [4.78, 5) is 25.7. The second kappa shape index (κ2) is 8.06. The quantitative estimate of drug-likeness (QED) is 0.626. The lowest BCUT2D eigenvalue weighted by molar-refractivity contribution is -0.155. The van der Waals surface area contributed by atoms with Gasteiger partial charge in [0.1, 0.15) is 5.82 Å². The standard InChI is InChI=1S/C19H18FNO3/c1-21(2)19(23)18(15-6-4-3-5-7-15)24-17(22)13-10-14-8-11-16(20)12-9-14/h3-13,18H,1-2H3/b13-10+/t18-/m0/s1. The van der Waals surface area contributed by atoms with Gasteiger partial charge in [-0.15, -0.1) is 0 Å². The third-order valence-corrected chi connectivity index (χ3v) is 3.28. The van der Waals surface area contributed by atoms with Crippen molar-refractivity contribution in [1.82, 2.24) is 4.90 Å². The van der Waals surface area contributed by atoms with E-state index in [2.05, 4.69) is 0 Å². The van der Waals surface area contributed by atoms with Crippen molar-refractivity contribution in [2.75, 3.05) is 14.1 Å². The molecule has 0 aliphatic carbocycles. The van der Waals surface area contributed by atoms with Crippen LogP contribution in [0.2, 0.25) is 0 Å². The minimum absolute atomic E-state index is 0.329. The van der Waals surface area contributed by atoms with Crippen molar-refractivity contribution < 1.29 is 18.7 Å². The first-order valence-corrected chi connectivity index (χ1v) is 7.38. The van der Waals surface area contributed by atoms with Gasteiger partial charge >= 0.3 is 5.97 Å². The summed E-state index contributed by atoms with van der Waals surface area (Å²) in [7, 11) is 3.20. The van der Waals surface area contributed by atoms with Gasteiger partial charge in [-0.05, 0) is 23.8 Å². The Kier molecular flexibility index (Phi) is 5.84. The van der Waals surface area contributed by atoms with Gasteiger partial charge in [0.25, 0.3) is 5.91 Å². The number of hydrogen-bond donors (Lipinski definition) is 0. The van der Waals surface area contributed by atoms with Crippen LogP contribution in [0.5, 0.6) is 0 Å². The van der Waals surface area contributed by atoms with Crippen LogP contribution in [-0.2, 0) is 14.3 Å². The molecule has 5 heteroatoms. The fourth-order valence-electron chi connectivity index (χ4n) is 2.02. The van der Waals surface area contributed by atoms with E-state index in [1.165, 1.54) is 29.2 Å². The Bertz CT molecular complexity index is 724. The topological polar surface area (TPSA) is 46.6 Å². The average Bonchev–Trinajstić information content (AvgIpc) is 2.59. The molecular formula is C19H18FNO3. The third kappa shape index (κ3) is 4.78. The van der Waals surface area contributed by atoms with E-state index in [4.69, 9.17) is 4.74 Å². The van der Waals surface area contributed by atoms with Gasteiger partial charge in [-0.3, -0.25) is 4.79 Å². The lowest BCUT2D eigenvalue weighted by Gasteiger charge is -2.20. The highest BCUT2D eigenvalue weighted by molar-refractivity contribution is 5.90. The van der Waals surface area contributed by atoms with Crippen molar-refractivity contribution >= 4 is 18.0 Å². The second-order valence-corrected chi connectivity index (χ2v) is 5.35. The maximum absolute atomic E-state index is 12.9. The van der Waals surface area contributed by atoms with E-state index in [1.54, 1.807) is 50.5 Å². The lowest BCUT2D eigenvalue weighted by Crippen LogP contribution is -2.30. The van der Waals surface area contributed by atoms with Crippen LogP contribution in [0, 0.1) is 5.82 Å². The van der Waals surface area contributed by atoms with Crippen molar-refractivity contribution in [2.45, 2.75) is 6.10 Å². The summed E-state index contributed by atoms with van der Waals surface area (Å²) in [5.74, 6) is -1.33. The number of benzene rings is 2. The molecule has 0 aliphatic rings. The highest BCUT2D eigenvalue weighted by Crippen LogP contribution is 2.20. The van der Waals surface area contributed by atoms with Gasteiger partial charge in [-0.2, -0.15) is 0 Å². The smallest absolute Gasteiger partial charge is 0.331 e. The van der Waals surface area contributed by atoms with E-state index in [-0.39, 0.29) is 11.7 Å². The van der Waals surface area contributed by atoms with Crippen LogP contribution in [0.4, 0.5) is 4.39 Å². The largest absolute Gasteiger partial charge is 0.444 e. The fraction of sp³-hybridized carbons (Fsp3) is 0.158. The minimum atomic E-state index is -1.01. The van der Waals surface area contributed by atoms with Crippen molar-refractivity contribution in [3.63, 3.8) is 0 Å². The summed E-state index contributed by atoms with van der Waals surface area (Å²) >= 11 is 0. The van der Waals surface area contributed by atoms with Gasteiger partial charge in [-0.1, -0.05) is 42.5 Å². The molecule has 0 saturated heterocycles. The lowest BCUT2D eigenvalue weighted by atomic mass is 10.1. The number of carbonyl (C=O) groups excluding carboxylic acids is 2. The molecule has 0 radical (unpaired) electrons. The third-order valence-electron chi connectivity index (χ3n) is 3.28. The highest BCUT2D eigenvalue weighted by atomic mass is 19.1. The molecule has 1 atom stereocenters. The SMILES string of the molecule is CN(C)C(=O)[C@@H](OC(=O)/C=C/c1ccc(F)cc1)c1ccccc1. The molecule has 2 aromatic carbocycles. The van der Waals surface area contributed by atoms with Crippen LogP contribution in [-0.4, -0.2) is 30.9 Å². The van der Waals surface area contributed by atoms with Crippen LogP contribution >= 0.6 is 0 Å². The van der Waals surface area contributed by atoms with E-state index >= 15 is 0 Å². The summed E-state index contributed by atoms with van der Waals surface area (Å²) in [5, 5.41) is 0. The molecule has 24 heavy (non-hydrogen) atoms. The van der Waals surface area contributed by atoms with Crippen LogP contribution in [0.3, 0.4) is 0 Å². The van der Waals surface area contributed by atoms with E-state index in [0.717, 1.165) is 0 Å². The van der Waals surface area contributed by atoms with Crippen LogP contribution in [0.25, 0.3) is 6.08 Å². The second-order valence-electron chi connectivity index (χ2n) is 5.35. The number of rotatable bonds is 5. The summed E-state index contributed by atoms with van der Waals surface area (Å²) in [5.41, 5.74) is 1.25. The van der Waals surface area contributed by atoms with E-state index in [9.17, 15) is 14.0 Å². The normalized spacial score (nSPS) is 12.0. The predicted octanol–water partition coefficient (Wildman–Crippen LogP) is 3.21. The average molecular weight is 327 g/mol. The van der Waals surface area contributed by atoms with Gasteiger partial charge in [-0.25, -0.2) is 9.18 Å². The monoisotopic (exact) mass is 327 g/mol. The first kappa shape index (κ1) is 17.4. The van der Waals surface area contributed by atoms with Crippen LogP contribution in [0.1, 0.15) is 17.2 Å². The molecule has 2 aromatic rings. The number of hydrogen-bond acceptors (Lipinski definition) is 3. The first-order valence-electron chi connectivity index (χ1n) is 7.38. The van der Waals surface area contributed by atoms with Gasteiger partial charge in [0.05, 0.1) is 0 Å². The molecule has 2 rings (SSSR count). The molecule has 0 fully saturated rings. The zero-order chi connectivity index (χ0) is 17.5. The molecule has 0 bridgehead atoms. The van der Waals surface area contributed by atoms with Gasteiger partial charge < -0.3 is 9.64 Å². The van der Waals surface area contributed by atoms with Crippen molar-refractivity contribution in [2.24, 2.45) is 0 Å². The van der Waals surface area contributed by atoms with Crippen LogP contribution in [0.15, 0.2) is 60.7 Å². The summed E-state index contributed by atoms with van der Waals surface area (Å²) in [6.07, 6.45) is 1.71. The number of esters is 1. The molecule has 0 saturated carbocycles. The number of likely N-dealkylation sites (N-methyl/N-ethyl adjacent to an activating group) is 1. The van der Waals surface area contributed by atoms with E-state index in [1.807, 2.05) is 6.07 Å². The summed E-state index contributed by atoms with van der Waals surface area (Å²) in [6.45, 7) is 0. The predicted molar refractivity (Wildman–Crippen MR) is 89.4 cm³/mol. The summed E-state index contributed by atoms with van der Waals surface area (Å²) < 4.78 is 18.2. The number of carbonyl (C=O) groups is 2. The zero-order valence-electron chi connectivity index (χ0n) is 13.5. The molecule has 0 unspecified atom stereocenters. The van der Waals surface area contributed by atoms with Gasteiger partial charge in [0, 0.05) is 25.7 Å². The number of nitrogens with zero attached hydrogens (tertiary/aromatic N) is 1. The Hall–Kier alpha value is -2.95. The Morgan fingerprint density at radius 3 is 2.25 bits per heavy atom. The molecule has 124 valence electrons. The van der Waals surface area contributed by atoms with Gasteiger partial charge in [0.15, 0.2) is 0 Å². The van der Waals surface area contributed by atoms with Crippen LogP contribution < -0.4 is 0 Å². The molecule has 1 amide bonds. The Labute approximate surface area is 140 Å². The highest BCUT2D eigenvalue weighted by Gasteiger charge is 2.25. The molecule has 4 nitrogen and oxygen atoms in total. The first-order chi connectivity index (χ1) is 11.5. The van der Waals surface area contributed by atoms with Crippen molar-refractivity contribution in [1.29, 1.82) is 0 Å². The van der Waals surface area contributed by atoms with Crippen molar-refractivity contribution in [3.8, 4) is 0 Å². The molecular weight excluding hydrogens is 309 g/mol. The Morgan fingerprint density at radius 1 is 1.04 bits per heavy atom. The Balaban J connectivity index is 2.12. The fourth-order valence-corrected chi connectivity index (χ4v) is 2.02. The molecule has 0 aromatic heterocycles. The molecule has 0 spiro atoms. The van der Waals surface area contributed by atoms with Crippen molar-refractivity contribution in [3.05, 3.63) is 77.6 Å². The number of halogens is 1. The maximum atomic E-state index is 12.9. The zero-order valence-corrected chi connectivity index (χ0v) is 13.5. The molecule has 0 N–H and O–H groups in total. The molecule has 0 heterocycles. The maximum Gasteiger partial charge on any atom is 0.331 e.